The molecule has 0 spiro atoms. The zero-order valence-electron chi connectivity index (χ0n) is 12.2. The predicted octanol–water partition coefficient (Wildman–Crippen LogP) is -1.73. The van der Waals surface area contributed by atoms with Gasteiger partial charge in [-0.15, -0.1) is 0 Å². The van der Waals surface area contributed by atoms with Crippen LogP contribution in [-0.2, 0) is 33.7 Å². The monoisotopic (exact) mass is 319 g/mol. The first-order valence-corrected chi connectivity index (χ1v) is 7.45. The summed E-state index contributed by atoms with van der Waals surface area (Å²) in [6, 6.07) is 0. The molecule has 0 aliphatic heterocycles. The minimum absolute atomic E-state index is 0.119. The van der Waals surface area contributed by atoms with Gasteiger partial charge in [-0.3, -0.25) is 14.2 Å². The van der Waals surface area contributed by atoms with E-state index in [1.54, 1.807) is 6.92 Å². The lowest BCUT2D eigenvalue weighted by Gasteiger charge is -2.16. The number of likely N-dealkylation sites (N-methyl/N-ethyl adjacent to an activating group) is 1. The van der Waals surface area contributed by atoms with Gasteiger partial charge < -0.3 is 9.30 Å². The van der Waals surface area contributed by atoms with Gasteiger partial charge in [0.05, 0.1) is 6.61 Å². The number of carbonyl (C=O) groups is 1. The van der Waals surface area contributed by atoms with E-state index in [9.17, 15) is 22.8 Å². The molecular formula is C11H17N3O6S. The molecule has 0 N–H and O–H groups in total. The average molecular weight is 319 g/mol. The standard InChI is InChI=1S/C11H17N3O6S/c1-5-20-9(15)7-13(3)21(18,19)8-6-12(2)11(17)14(4)10(8)16/h6H,5,7H2,1-4H3. The zero-order chi connectivity index (χ0) is 16.4. The smallest absolute Gasteiger partial charge is 0.330 e. The van der Waals surface area contributed by atoms with Crippen LogP contribution in [0.25, 0.3) is 0 Å². The second-order valence-corrected chi connectivity index (χ2v) is 6.33. The predicted molar refractivity (Wildman–Crippen MR) is 73.4 cm³/mol. The molecule has 118 valence electrons. The van der Waals surface area contributed by atoms with E-state index in [2.05, 4.69) is 4.74 Å². The molecule has 1 aromatic heterocycles. The van der Waals surface area contributed by atoms with Gasteiger partial charge in [-0.25, -0.2) is 13.2 Å². The number of rotatable bonds is 5. The number of ether oxygens (including phenoxy) is 1. The van der Waals surface area contributed by atoms with Gasteiger partial charge in [0.15, 0.2) is 4.90 Å². The molecule has 0 saturated heterocycles. The Morgan fingerprint density at radius 1 is 1.33 bits per heavy atom. The first kappa shape index (κ1) is 17.1. The molecular weight excluding hydrogens is 302 g/mol. The topological polar surface area (TPSA) is 108 Å². The highest BCUT2D eigenvalue weighted by Crippen LogP contribution is 2.08. The number of hydrogen-bond donors (Lipinski definition) is 0. The quantitative estimate of drug-likeness (QED) is 0.597. The van der Waals surface area contributed by atoms with Gasteiger partial charge in [0.2, 0.25) is 10.0 Å². The lowest BCUT2D eigenvalue weighted by molar-refractivity contribution is -0.143. The largest absolute Gasteiger partial charge is 0.465 e. The van der Waals surface area contributed by atoms with E-state index >= 15 is 0 Å². The number of hydrogen-bond acceptors (Lipinski definition) is 6. The fraction of sp³-hybridized carbons (Fsp3) is 0.545. The Balaban J connectivity index is 3.29. The molecule has 1 aromatic rings. The van der Waals surface area contributed by atoms with Crippen LogP contribution in [0.2, 0.25) is 0 Å². The Bertz CT molecular complexity index is 761. The summed E-state index contributed by atoms with van der Waals surface area (Å²) < 4.78 is 31.6. The van der Waals surface area contributed by atoms with Crippen molar-refractivity contribution in [3.8, 4) is 0 Å². The molecule has 0 atom stereocenters. The van der Waals surface area contributed by atoms with Crippen LogP contribution in [-0.4, -0.2) is 48.0 Å². The number of esters is 1. The molecule has 0 aliphatic carbocycles. The second-order valence-electron chi connectivity index (χ2n) is 4.32. The van der Waals surface area contributed by atoms with Crippen LogP contribution in [0.3, 0.4) is 0 Å². The van der Waals surface area contributed by atoms with Crippen molar-refractivity contribution in [1.82, 2.24) is 13.4 Å². The Kier molecular flexibility index (Phi) is 5.07. The van der Waals surface area contributed by atoms with Crippen LogP contribution >= 0.6 is 0 Å². The molecule has 0 saturated carbocycles. The van der Waals surface area contributed by atoms with Crippen LogP contribution in [0.4, 0.5) is 0 Å². The Labute approximate surface area is 121 Å². The van der Waals surface area contributed by atoms with Crippen molar-refractivity contribution >= 4 is 16.0 Å². The molecule has 1 rings (SSSR count). The Morgan fingerprint density at radius 3 is 2.43 bits per heavy atom. The summed E-state index contributed by atoms with van der Waals surface area (Å²) in [6.45, 7) is 1.19. The maximum Gasteiger partial charge on any atom is 0.330 e. The molecule has 9 nitrogen and oxygen atoms in total. The van der Waals surface area contributed by atoms with E-state index in [-0.39, 0.29) is 6.61 Å². The zero-order valence-corrected chi connectivity index (χ0v) is 13.0. The van der Waals surface area contributed by atoms with E-state index in [0.717, 1.165) is 17.8 Å². The van der Waals surface area contributed by atoms with Gasteiger partial charge in [0.25, 0.3) is 5.56 Å². The van der Waals surface area contributed by atoms with E-state index in [1.165, 1.54) is 14.1 Å². The van der Waals surface area contributed by atoms with E-state index in [1.807, 2.05) is 0 Å². The summed E-state index contributed by atoms with van der Waals surface area (Å²) in [4.78, 5) is 34.2. The van der Waals surface area contributed by atoms with Crippen LogP contribution < -0.4 is 11.2 Å². The summed E-state index contributed by atoms with van der Waals surface area (Å²) in [5.41, 5.74) is -1.60. The van der Waals surface area contributed by atoms with Crippen molar-refractivity contribution in [2.24, 2.45) is 14.1 Å². The molecule has 0 fully saturated rings. The summed E-state index contributed by atoms with van der Waals surface area (Å²) in [5.74, 6) is -0.731. The average Bonchev–Trinajstić information content (AvgIpc) is 2.40. The highest BCUT2D eigenvalue weighted by atomic mass is 32.2. The minimum atomic E-state index is -4.21. The van der Waals surface area contributed by atoms with Crippen LogP contribution in [0.1, 0.15) is 6.92 Å². The highest BCUT2D eigenvalue weighted by Gasteiger charge is 2.28. The fourth-order valence-corrected chi connectivity index (χ4v) is 2.85. The lowest BCUT2D eigenvalue weighted by Crippen LogP contribution is -2.42. The molecule has 21 heavy (non-hydrogen) atoms. The number of carbonyl (C=O) groups excluding carboxylic acids is 1. The third-order valence-electron chi connectivity index (χ3n) is 2.76. The minimum Gasteiger partial charge on any atom is -0.465 e. The maximum atomic E-state index is 12.3. The molecule has 0 aromatic carbocycles. The number of sulfonamides is 1. The van der Waals surface area contributed by atoms with E-state index in [4.69, 9.17) is 0 Å². The third-order valence-corrected chi connectivity index (χ3v) is 4.55. The van der Waals surface area contributed by atoms with Gasteiger partial charge in [0, 0.05) is 27.3 Å². The van der Waals surface area contributed by atoms with Crippen LogP contribution in [0, 0.1) is 0 Å². The van der Waals surface area contributed by atoms with Crippen molar-refractivity contribution in [2.75, 3.05) is 20.2 Å². The first-order valence-electron chi connectivity index (χ1n) is 6.01. The van der Waals surface area contributed by atoms with Gasteiger partial charge in [-0.1, -0.05) is 0 Å². The first-order chi connectivity index (χ1) is 9.62. The number of aromatic nitrogens is 2. The normalized spacial score (nSPS) is 11.7. The number of aryl methyl sites for hydroxylation is 1. The van der Waals surface area contributed by atoms with Gasteiger partial charge in [-0.2, -0.15) is 4.31 Å². The Hall–Kier alpha value is -1.94. The second kappa shape index (κ2) is 6.22. The SMILES string of the molecule is CCOC(=O)CN(C)S(=O)(=O)c1cn(C)c(=O)n(C)c1=O. The number of nitrogens with zero attached hydrogens (tertiary/aromatic N) is 3. The molecule has 0 unspecified atom stereocenters. The van der Waals surface area contributed by atoms with Crippen molar-refractivity contribution in [2.45, 2.75) is 11.8 Å². The van der Waals surface area contributed by atoms with Crippen molar-refractivity contribution in [3.05, 3.63) is 27.0 Å². The summed E-state index contributed by atoms with van der Waals surface area (Å²) in [6.07, 6.45) is 0.932. The van der Waals surface area contributed by atoms with Gasteiger partial charge in [0.1, 0.15) is 6.54 Å². The lowest BCUT2D eigenvalue weighted by atomic mass is 10.6. The van der Waals surface area contributed by atoms with Crippen molar-refractivity contribution in [3.63, 3.8) is 0 Å². The Morgan fingerprint density at radius 2 is 1.90 bits per heavy atom. The van der Waals surface area contributed by atoms with Crippen LogP contribution in [0.15, 0.2) is 20.7 Å². The molecule has 0 aliphatic rings. The fourth-order valence-electron chi connectivity index (χ4n) is 1.59. The summed E-state index contributed by atoms with van der Waals surface area (Å²) in [7, 11) is -0.555. The van der Waals surface area contributed by atoms with E-state index < -0.39 is 38.7 Å². The van der Waals surface area contributed by atoms with E-state index in [0.29, 0.717) is 8.87 Å². The van der Waals surface area contributed by atoms with Crippen LogP contribution in [0.5, 0.6) is 0 Å². The molecule has 0 bridgehead atoms. The molecule has 0 radical (unpaired) electrons. The third kappa shape index (κ3) is 3.39. The molecule has 0 amide bonds. The summed E-state index contributed by atoms with van der Waals surface area (Å²) >= 11 is 0. The molecule has 1 heterocycles. The van der Waals surface area contributed by atoms with Crippen molar-refractivity contribution in [1.29, 1.82) is 0 Å². The van der Waals surface area contributed by atoms with Gasteiger partial charge >= 0.3 is 11.7 Å². The van der Waals surface area contributed by atoms with Gasteiger partial charge in [-0.05, 0) is 6.92 Å². The summed E-state index contributed by atoms with van der Waals surface area (Å²) in [5, 5.41) is 0. The highest BCUT2D eigenvalue weighted by molar-refractivity contribution is 7.89. The molecule has 10 heteroatoms. The van der Waals surface area contributed by atoms with Crippen molar-refractivity contribution < 1.29 is 17.9 Å². The maximum absolute atomic E-state index is 12.3.